The number of rotatable bonds is 7. The molecule has 2 unspecified atom stereocenters. The van der Waals surface area contributed by atoms with E-state index in [0.29, 0.717) is 11.7 Å². The van der Waals surface area contributed by atoms with Gasteiger partial charge in [0.25, 0.3) is 0 Å². The van der Waals surface area contributed by atoms with Crippen LogP contribution in [0.5, 0.6) is 0 Å². The third-order valence-electron chi connectivity index (χ3n) is 3.18. The molecule has 6 heteroatoms. The quantitative estimate of drug-likeness (QED) is 0.806. The maximum Gasteiger partial charge on any atom is 0.244 e. The molecule has 0 amide bonds. The molecule has 0 bridgehead atoms. The number of hydrogen-bond donors (Lipinski definition) is 2. The highest BCUT2D eigenvalue weighted by Crippen LogP contribution is 2.21. The molecule has 1 aromatic heterocycles. The first-order valence-corrected chi connectivity index (χ1v) is 8.01. The molecular formula is C13H23NO4S. The standard InChI is InChI=1S/C13H23NO4S/c1-5-9(2)6-10(3)14-19(16,17)13-7-12(8-15)18-11(13)4/h7,9-10,14-15H,5-6,8H2,1-4H3. The molecule has 0 aliphatic rings. The second-order valence-electron chi connectivity index (χ2n) is 5.06. The highest BCUT2D eigenvalue weighted by Gasteiger charge is 2.23. The lowest BCUT2D eigenvalue weighted by Gasteiger charge is -2.17. The van der Waals surface area contributed by atoms with E-state index in [2.05, 4.69) is 18.6 Å². The molecule has 19 heavy (non-hydrogen) atoms. The van der Waals surface area contributed by atoms with Gasteiger partial charge in [0, 0.05) is 12.1 Å². The number of sulfonamides is 1. The number of aliphatic hydroxyl groups is 1. The van der Waals surface area contributed by atoms with E-state index in [4.69, 9.17) is 9.52 Å². The monoisotopic (exact) mass is 289 g/mol. The summed E-state index contributed by atoms with van der Waals surface area (Å²) in [7, 11) is -3.59. The molecule has 0 aliphatic carbocycles. The van der Waals surface area contributed by atoms with Crippen molar-refractivity contribution < 1.29 is 17.9 Å². The SMILES string of the molecule is CCC(C)CC(C)NS(=O)(=O)c1cc(CO)oc1C. The van der Waals surface area contributed by atoms with Crippen molar-refractivity contribution in [2.75, 3.05) is 0 Å². The first kappa shape index (κ1) is 16.2. The van der Waals surface area contributed by atoms with Gasteiger partial charge in [-0.05, 0) is 26.2 Å². The van der Waals surface area contributed by atoms with E-state index < -0.39 is 10.0 Å². The lowest BCUT2D eigenvalue weighted by molar-refractivity contribution is 0.244. The highest BCUT2D eigenvalue weighted by molar-refractivity contribution is 7.89. The van der Waals surface area contributed by atoms with Crippen molar-refractivity contribution in [1.82, 2.24) is 4.72 Å². The van der Waals surface area contributed by atoms with Crippen molar-refractivity contribution in [3.8, 4) is 0 Å². The fourth-order valence-corrected chi connectivity index (χ4v) is 3.48. The molecule has 0 fully saturated rings. The highest BCUT2D eigenvalue weighted by atomic mass is 32.2. The smallest absolute Gasteiger partial charge is 0.244 e. The van der Waals surface area contributed by atoms with Crippen LogP contribution in [0.4, 0.5) is 0 Å². The van der Waals surface area contributed by atoms with Gasteiger partial charge in [0.1, 0.15) is 23.0 Å². The molecule has 2 N–H and O–H groups in total. The van der Waals surface area contributed by atoms with Gasteiger partial charge in [0.2, 0.25) is 10.0 Å². The fraction of sp³-hybridized carbons (Fsp3) is 0.692. The van der Waals surface area contributed by atoms with E-state index in [-0.39, 0.29) is 23.3 Å². The van der Waals surface area contributed by atoms with E-state index in [9.17, 15) is 8.42 Å². The molecule has 5 nitrogen and oxygen atoms in total. The van der Waals surface area contributed by atoms with Crippen LogP contribution in [0.3, 0.4) is 0 Å². The Labute approximate surface area is 115 Å². The third kappa shape index (κ3) is 4.33. The number of hydrogen-bond acceptors (Lipinski definition) is 4. The van der Waals surface area contributed by atoms with Crippen molar-refractivity contribution >= 4 is 10.0 Å². The van der Waals surface area contributed by atoms with E-state index in [1.807, 2.05) is 6.92 Å². The minimum Gasteiger partial charge on any atom is -0.462 e. The summed E-state index contributed by atoms with van der Waals surface area (Å²) in [5, 5.41) is 8.96. The van der Waals surface area contributed by atoms with Crippen LogP contribution in [-0.2, 0) is 16.6 Å². The van der Waals surface area contributed by atoms with Gasteiger partial charge >= 0.3 is 0 Å². The molecule has 0 radical (unpaired) electrons. The summed E-state index contributed by atoms with van der Waals surface area (Å²) in [5.74, 6) is 1.02. The molecule has 1 aromatic rings. The number of furan rings is 1. The number of aliphatic hydroxyl groups excluding tert-OH is 1. The zero-order valence-corrected chi connectivity index (χ0v) is 12.8. The van der Waals surface area contributed by atoms with E-state index in [1.54, 1.807) is 6.92 Å². The zero-order valence-electron chi connectivity index (χ0n) is 11.9. The Morgan fingerprint density at radius 3 is 2.53 bits per heavy atom. The molecule has 0 spiro atoms. The van der Waals surface area contributed by atoms with Crippen LogP contribution in [0, 0.1) is 12.8 Å². The Bertz CT molecular complexity index is 507. The van der Waals surface area contributed by atoms with Crippen LogP contribution in [0.1, 0.15) is 45.1 Å². The minimum atomic E-state index is -3.59. The summed E-state index contributed by atoms with van der Waals surface area (Å²) in [6.45, 7) is 7.30. The minimum absolute atomic E-state index is 0.104. The van der Waals surface area contributed by atoms with Crippen molar-refractivity contribution in [2.45, 2.75) is 58.1 Å². The average molecular weight is 289 g/mol. The van der Waals surface area contributed by atoms with Crippen molar-refractivity contribution in [3.63, 3.8) is 0 Å². The van der Waals surface area contributed by atoms with Gasteiger partial charge in [-0.15, -0.1) is 0 Å². The number of aryl methyl sites for hydroxylation is 1. The Balaban J connectivity index is 2.83. The maximum atomic E-state index is 12.2. The van der Waals surface area contributed by atoms with Crippen LogP contribution in [0.15, 0.2) is 15.4 Å². The van der Waals surface area contributed by atoms with E-state index >= 15 is 0 Å². The molecule has 0 aliphatic heterocycles. The Kier molecular flexibility index (Phi) is 5.58. The Hall–Kier alpha value is -0.850. The molecule has 1 heterocycles. The predicted octanol–water partition coefficient (Wildman–Crippen LogP) is 2.18. The van der Waals surface area contributed by atoms with Gasteiger partial charge in [0.05, 0.1) is 0 Å². The summed E-state index contributed by atoms with van der Waals surface area (Å²) in [6.07, 6.45) is 1.81. The first-order chi connectivity index (χ1) is 8.80. The van der Waals surface area contributed by atoms with Crippen molar-refractivity contribution in [1.29, 1.82) is 0 Å². The summed E-state index contributed by atoms with van der Waals surface area (Å²) < 4.78 is 32.2. The molecule has 1 rings (SSSR count). The van der Waals surface area contributed by atoms with Gasteiger partial charge in [-0.25, -0.2) is 13.1 Å². The van der Waals surface area contributed by atoms with Crippen LogP contribution in [0.25, 0.3) is 0 Å². The summed E-state index contributed by atoms with van der Waals surface area (Å²) >= 11 is 0. The van der Waals surface area contributed by atoms with Crippen LogP contribution in [-0.4, -0.2) is 19.6 Å². The summed E-state index contributed by atoms with van der Waals surface area (Å²) in [5.41, 5.74) is 0. The maximum absolute atomic E-state index is 12.2. The molecule has 0 aromatic carbocycles. The van der Waals surface area contributed by atoms with Crippen LogP contribution >= 0.6 is 0 Å². The lowest BCUT2D eigenvalue weighted by Crippen LogP contribution is -2.33. The Morgan fingerprint density at radius 1 is 1.42 bits per heavy atom. The van der Waals surface area contributed by atoms with Gasteiger partial charge in [0.15, 0.2) is 0 Å². The van der Waals surface area contributed by atoms with Gasteiger partial charge < -0.3 is 9.52 Å². The molecule has 0 saturated heterocycles. The molecular weight excluding hydrogens is 266 g/mol. The molecule has 0 saturated carbocycles. The fourth-order valence-electron chi connectivity index (χ4n) is 2.02. The first-order valence-electron chi connectivity index (χ1n) is 6.52. The lowest BCUT2D eigenvalue weighted by atomic mass is 10.0. The topological polar surface area (TPSA) is 79.5 Å². The summed E-state index contributed by atoms with van der Waals surface area (Å²) in [4.78, 5) is 0.104. The van der Waals surface area contributed by atoms with Gasteiger partial charge in [-0.3, -0.25) is 0 Å². The average Bonchev–Trinajstić information content (AvgIpc) is 2.70. The predicted molar refractivity (Wildman–Crippen MR) is 73.2 cm³/mol. The largest absolute Gasteiger partial charge is 0.462 e. The molecule has 110 valence electrons. The zero-order chi connectivity index (χ0) is 14.6. The van der Waals surface area contributed by atoms with E-state index in [1.165, 1.54) is 6.07 Å². The second-order valence-corrected chi connectivity index (χ2v) is 6.75. The van der Waals surface area contributed by atoms with Crippen molar-refractivity contribution in [3.05, 3.63) is 17.6 Å². The normalized spacial score (nSPS) is 15.4. The number of nitrogens with one attached hydrogen (secondary N) is 1. The van der Waals surface area contributed by atoms with Crippen molar-refractivity contribution in [2.24, 2.45) is 5.92 Å². The van der Waals surface area contributed by atoms with Gasteiger partial charge in [-0.2, -0.15) is 0 Å². The Morgan fingerprint density at radius 2 is 2.05 bits per heavy atom. The van der Waals surface area contributed by atoms with Gasteiger partial charge in [-0.1, -0.05) is 20.3 Å². The van der Waals surface area contributed by atoms with Crippen LogP contribution in [0.2, 0.25) is 0 Å². The van der Waals surface area contributed by atoms with Crippen LogP contribution < -0.4 is 4.72 Å². The second kappa shape index (κ2) is 6.54. The molecule has 2 atom stereocenters. The third-order valence-corrected chi connectivity index (χ3v) is 4.87. The van der Waals surface area contributed by atoms with E-state index in [0.717, 1.165) is 12.8 Å². The summed E-state index contributed by atoms with van der Waals surface area (Å²) in [6, 6.07) is 1.24.